The van der Waals surface area contributed by atoms with Crippen LogP contribution in [0.25, 0.3) is 0 Å². The Morgan fingerprint density at radius 1 is 1.45 bits per heavy atom. The molecule has 0 saturated carbocycles. The van der Waals surface area contributed by atoms with Crippen molar-refractivity contribution in [2.75, 3.05) is 17.6 Å². The first-order valence-corrected chi connectivity index (χ1v) is 6.34. The van der Waals surface area contributed by atoms with Gasteiger partial charge in [-0.2, -0.15) is 0 Å². The number of benzene rings is 1. The standard InChI is InChI=1S/C15H17N3O2/c1-10-7-12(8-13(14(10)16)15(19)20)18-6-4-11-3-2-5-17-9-11/h2-3,5,7-9,18H,4,6,16H2,1H3,(H,19,20). The summed E-state index contributed by atoms with van der Waals surface area (Å²) in [6, 6.07) is 7.32. The first kappa shape index (κ1) is 13.9. The number of rotatable bonds is 5. The van der Waals surface area contributed by atoms with Gasteiger partial charge in [-0.3, -0.25) is 4.98 Å². The molecule has 0 aliphatic carbocycles. The van der Waals surface area contributed by atoms with Crippen LogP contribution in [0.15, 0.2) is 36.7 Å². The van der Waals surface area contributed by atoms with Crippen LogP contribution in [0.5, 0.6) is 0 Å². The van der Waals surface area contributed by atoms with Gasteiger partial charge >= 0.3 is 5.97 Å². The van der Waals surface area contributed by atoms with E-state index in [2.05, 4.69) is 10.3 Å². The molecule has 0 atom stereocenters. The second-order valence-electron chi connectivity index (χ2n) is 4.60. The molecule has 5 nitrogen and oxygen atoms in total. The first-order valence-electron chi connectivity index (χ1n) is 6.34. The Morgan fingerprint density at radius 3 is 2.90 bits per heavy atom. The van der Waals surface area contributed by atoms with Crippen LogP contribution in [0.2, 0.25) is 0 Å². The summed E-state index contributed by atoms with van der Waals surface area (Å²) < 4.78 is 0. The predicted molar refractivity (Wildman–Crippen MR) is 79.0 cm³/mol. The highest BCUT2D eigenvalue weighted by atomic mass is 16.4. The van der Waals surface area contributed by atoms with Crippen LogP contribution >= 0.6 is 0 Å². The van der Waals surface area contributed by atoms with Gasteiger partial charge in [0, 0.05) is 30.3 Å². The van der Waals surface area contributed by atoms with Crippen molar-refractivity contribution in [1.29, 1.82) is 0 Å². The van der Waals surface area contributed by atoms with Crippen LogP contribution in [0.1, 0.15) is 21.5 Å². The van der Waals surface area contributed by atoms with Crippen molar-refractivity contribution in [1.82, 2.24) is 4.98 Å². The van der Waals surface area contributed by atoms with Gasteiger partial charge in [0.25, 0.3) is 0 Å². The minimum absolute atomic E-state index is 0.133. The molecule has 0 saturated heterocycles. The lowest BCUT2D eigenvalue weighted by Crippen LogP contribution is -2.09. The Labute approximate surface area is 117 Å². The predicted octanol–water partition coefficient (Wildman–Crippen LogP) is 2.33. The molecule has 2 aromatic rings. The van der Waals surface area contributed by atoms with E-state index in [9.17, 15) is 4.79 Å². The normalized spacial score (nSPS) is 10.2. The summed E-state index contributed by atoms with van der Waals surface area (Å²) in [6.07, 6.45) is 4.37. The van der Waals surface area contributed by atoms with Crippen molar-refractivity contribution < 1.29 is 9.90 Å². The smallest absolute Gasteiger partial charge is 0.337 e. The van der Waals surface area contributed by atoms with Gasteiger partial charge in [-0.25, -0.2) is 4.79 Å². The molecule has 0 aliphatic heterocycles. The SMILES string of the molecule is Cc1cc(NCCc2cccnc2)cc(C(=O)O)c1N. The summed E-state index contributed by atoms with van der Waals surface area (Å²) in [4.78, 5) is 15.2. The number of hydrogen-bond acceptors (Lipinski definition) is 4. The minimum atomic E-state index is -1.01. The van der Waals surface area contributed by atoms with Crippen molar-refractivity contribution in [3.8, 4) is 0 Å². The molecule has 0 aliphatic rings. The van der Waals surface area contributed by atoms with E-state index in [1.165, 1.54) is 0 Å². The van der Waals surface area contributed by atoms with Gasteiger partial charge < -0.3 is 16.2 Å². The van der Waals surface area contributed by atoms with Crippen molar-refractivity contribution in [3.63, 3.8) is 0 Å². The highest BCUT2D eigenvalue weighted by Crippen LogP contribution is 2.22. The minimum Gasteiger partial charge on any atom is -0.478 e. The molecule has 0 radical (unpaired) electrons. The molecule has 0 spiro atoms. The molecule has 20 heavy (non-hydrogen) atoms. The topological polar surface area (TPSA) is 88.2 Å². The lowest BCUT2D eigenvalue weighted by Gasteiger charge is -2.11. The summed E-state index contributed by atoms with van der Waals surface area (Å²) >= 11 is 0. The largest absolute Gasteiger partial charge is 0.478 e. The lowest BCUT2D eigenvalue weighted by molar-refractivity contribution is 0.0698. The van der Waals surface area contributed by atoms with Gasteiger partial charge in [0.15, 0.2) is 0 Å². The number of hydrogen-bond donors (Lipinski definition) is 3. The number of nitrogens with two attached hydrogens (primary N) is 1. The number of aromatic carboxylic acids is 1. The summed E-state index contributed by atoms with van der Waals surface area (Å²) in [5.74, 6) is -1.01. The number of nitrogens with zero attached hydrogens (tertiary/aromatic N) is 1. The number of nitrogen functional groups attached to an aromatic ring is 1. The van der Waals surface area contributed by atoms with Crippen LogP contribution in [-0.2, 0) is 6.42 Å². The van der Waals surface area contributed by atoms with Gasteiger partial charge in [-0.15, -0.1) is 0 Å². The van der Waals surface area contributed by atoms with Crippen LogP contribution in [0.4, 0.5) is 11.4 Å². The fourth-order valence-corrected chi connectivity index (χ4v) is 1.97. The third-order valence-corrected chi connectivity index (χ3v) is 3.08. The van der Waals surface area contributed by atoms with Crippen LogP contribution < -0.4 is 11.1 Å². The Morgan fingerprint density at radius 2 is 2.25 bits per heavy atom. The first-order chi connectivity index (χ1) is 9.58. The number of carboxylic acids is 1. The molecular weight excluding hydrogens is 254 g/mol. The Balaban J connectivity index is 2.05. The zero-order valence-electron chi connectivity index (χ0n) is 11.3. The molecule has 0 unspecified atom stereocenters. The maximum atomic E-state index is 11.1. The van der Waals surface area contributed by atoms with Gasteiger partial charge in [0.05, 0.1) is 5.56 Å². The highest BCUT2D eigenvalue weighted by molar-refractivity contribution is 5.95. The molecule has 5 heteroatoms. The van der Waals surface area contributed by atoms with Gasteiger partial charge in [-0.1, -0.05) is 6.07 Å². The fourth-order valence-electron chi connectivity index (χ4n) is 1.97. The average Bonchev–Trinajstić information content (AvgIpc) is 2.43. The van der Waals surface area contributed by atoms with Gasteiger partial charge in [0.1, 0.15) is 0 Å². The molecule has 1 aromatic carbocycles. The second kappa shape index (κ2) is 6.06. The Kier molecular flexibility index (Phi) is 4.20. The molecule has 2 rings (SSSR count). The summed E-state index contributed by atoms with van der Waals surface area (Å²) in [6.45, 7) is 2.50. The number of carbonyl (C=O) groups is 1. The van der Waals surface area contributed by atoms with E-state index < -0.39 is 5.97 Å². The van der Waals surface area contributed by atoms with E-state index >= 15 is 0 Å². The number of carboxylic acid groups (broad SMARTS) is 1. The zero-order valence-corrected chi connectivity index (χ0v) is 11.3. The summed E-state index contributed by atoms with van der Waals surface area (Å²) in [5.41, 5.74) is 8.85. The van der Waals surface area contributed by atoms with E-state index in [0.29, 0.717) is 12.2 Å². The van der Waals surface area contributed by atoms with Crippen LogP contribution in [0, 0.1) is 6.92 Å². The third-order valence-electron chi connectivity index (χ3n) is 3.08. The quantitative estimate of drug-likeness (QED) is 0.726. The van der Waals surface area contributed by atoms with Crippen molar-refractivity contribution in [3.05, 3.63) is 53.3 Å². The third kappa shape index (κ3) is 3.26. The summed E-state index contributed by atoms with van der Waals surface area (Å²) in [7, 11) is 0. The second-order valence-corrected chi connectivity index (χ2v) is 4.60. The maximum Gasteiger partial charge on any atom is 0.337 e. The fraction of sp³-hybridized carbons (Fsp3) is 0.200. The Bertz CT molecular complexity index is 612. The Hall–Kier alpha value is -2.56. The molecule has 104 valence electrons. The van der Waals surface area contributed by atoms with Gasteiger partial charge in [-0.05, 0) is 42.7 Å². The van der Waals surface area contributed by atoms with E-state index in [0.717, 1.165) is 23.2 Å². The van der Waals surface area contributed by atoms with Crippen LogP contribution in [0.3, 0.4) is 0 Å². The molecular formula is C15H17N3O2. The average molecular weight is 271 g/mol. The van der Waals surface area contributed by atoms with E-state index in [1.807, 2.05) is 24.4 Å². The number of anilines is 2. The van der Waals surface area contributed by atoms with E-state index in [-0.39, 0.29) is 5.56 Å². The van der Waals surface area contributed by atoms with E-state index in [4.69, 9.17) is 10.8 Å². The lowest BCUT2D eigenvalue weighted by atomic mass is 10.1. The maximum absolute atomic E-state index is 11.1. The zero-order chi connectivity index (χ0) is 14.5. The number of aromatic nitrogens is 1. The molecule has 1 heterocycles. The van der Waals surface area contributed by atoms with Gasteiger partial charge in [0.2, 0.25) is 0 Å². The number of aryl methyl sites for hydroxylation is 1. The van der Waals surface area contributed by atoms with E-state index in [1.54, 1.807) is 19.2 Å². The number of nitrogens with one attached hydrogen (secondary N) is 1. The molecule has 0 amide bonds. The molecule has 4 N–H and O–H groups in total. The highest BCUT2D eigenvalue weighted by Gasteiger charge is 2.11. The summed E-state index contributed by atoms with van der Waals surface area (Å²) in [5, 5.41) is 12.3. The van der Waals surface area contributed by atoms with Crippen molar-refractivity contribution >= 4 is 17.3 Å². The molecule has 0 fully saturated rings. The molecule has 1 aromatic heterocycles. The van der Waals surface area contributed by atoms with Crippen molar-refractivity contribution in [2.45, 2.75) is 13.3 Å². The number of pyridine rings is 1. The molecule has 0 bridgehead atoms. The van der Waals surface area contributed by atoms with Crippen molar-refractivity contribution in [2.24, 2.45) is 0 Å². The monoisotopic (exact) mass is 271 g/mol. The van der Waals surface area contributed by atoms with Crippen LogP contribution in [-0.4, -0.2) is 22.6 Å².